The smallest absolute Gasteiger partial charge is 0.261 e. The number of carbonyl (C=O) groups excluding carboxylic acids is 1. The predicted octanol–water partition coefficient (Wildman–Crippen LogP) is 1.61. The van der Waals surface area contributed by atoms with Gasteiger partial charge in [-0.3, -0.25) is 9.63 Å². The lowest BCUT2D eigenvalue weighted by molar-refractivity contribution is -0.137. The topological polar surface area (TPSA) is 103 Å². The number of methoxy groups -OCH3 is 1. The van der Waals surface area contributed by atoms with Crippen LogP contribution in [0.25, 0.3) is 0 Å². The Kier molecular flexibility index (Phi) is 9.79. The Morgan fingerprint density at radius 2 is 1.93 bits per heavy atom. The Bertz CT molecular complexity index is 811. The van der Waals surface area contributed by atoms with Gasteiger partial charge in [0, 0.05) is 6.42 Å². The molecule has 1 amide bonds. The molecule has 0 aliphatic carbocycles. The average molecular weight is 413 g/mol. The van der Waals surface area contributed by atoms with E-state index in [2.05, 4.69) is 22.0 Å². The van der Waals surface area contributed by atoms with E-state index in [1.807, 2.05) is 6.92 Å². The average Bonchev–Trinajstić information content (AvgIpc) is 2.62. The summed E-state index contributed by atoms with van der Waals surface area (Å²) in [7, 11) is -2.00. The maximum absolute atomic E-state index is 12.2. The van der Waals surface area contributed by atoms with E-state index < -0.39 is 22.0 Å². The van der Waals surface area contributed by atoms with Gasteiger partial charge in [0.15, 0.2) is 11.5 Å². The van der Waals surface area contributed by atoms with Crippen LogP contribution in [0.5, 0.6) is 11.5 Å². The third kappa shape index (κ3) is 8.61. The van der Waals surface area contributed by atoms with Gasteiger partial charge in [0.05, 0.1) is 20.0 Å². The third-order valence-corrected chi connectivity index (χ3v) is 4.21. The summed E-state index contributed by atoms with van der Waals surface area (Å²) in [5, 5.41) is 0. The first-order valence-electron chi connectivity index (χ1n) is 8.82. The van der Waals surface area contributed by atoms with Crippen LogP contribution in [-0.2, 0) is 26.3 Å². The monoisotopic (exact) mass is 412 g/mol. The van der Waals surface area contributed by atoms with Crippen LogP contribution in [0.3, 0.4) is 0 Å². The van der Waals surface area contributed by atoms with Crippen molar-refractivity contribution in [2.45, 2.75) is 39.8 Å². The number of hydrogen-bond acceptors (Lipinski definition) is 6. The molecule has 1 aromatic rings. The first-order valence-corrected chi connectivity index (χ1v) is 10.7. The molecule has 28 heavy (non-hydrogen) atoms. The number of sulfonamides is 1. The molecule has 0 fully saturated rings. The van der Waals surface area contributed by atoms with Crippen LogP contribution < -0.4 is 19.7 Å². The molecule has 1 aromatic carbocycles. The van der Waals surface area contributed by atoms with Crippen molar-refractivity contribution in [1.82, 2.24) is 10.2 Å². The number of hydroxylamine groups is 1. The molecule has 0 radical (unpaired) electrons. The summed E-state index contributed by atoms with van der Waals surface area (Å²) in [4.78, 5) is 17.4. The van der Waals surface area contributed by atoms with Gasteiger partial charge in [-0.15, -0.1) is 5.92 Å². The van der Waals surface area contributed by atoms with Crippen molar-refractivity contribution >= 4 is 15.9 Å². The highest BCUT2D eigenvalue weighted by molar-refractivity contribution is 7.88. The minimum Gasteiger partial charge on any atom is -0.493 e. The highest BCUT2D eigenvalue weighted by atomic mass is 32.2. The number of hydrogen-bond donors (Lipinski definition) is 2. The number of ether oxygens (including phenoxy) is 2. The van der Waals surface area contributed by atoms with Gasteiger partial charge in [-0.1, -0.05) is 32.8 Å². The summed E-state index contributed by atoms with van der Waals surface area (Å²) in [6.45, 7) is 5.76. The summed E-state index contributed by atoms with van der Waals surface area (Å²) in [5.74, 6) is 6.06. The Hall–Kier alpha value is -2.28. The summed E-state index contributed by atoms with van der Waals surface area (Å²) in [6, 6.07) is 4.30. The molecule has 1 rings (SSSR count). The summed E-state index contributed by atoms with van der Waals surface area (Å²) in [6.07, 6.45) is 1.76. The molecule has 0 saturated heterocycles. The third-order valence-electron chi connectivity index (χ3n) is 3.53. The van der Waals surface area contributed by atoms with Gasteiger partial charge < -0.3 is 9.47 Å². The van der Waals surface area contributed by atoms with Crippen molar-refractivity contribution in [2.75, 3.05) is 20.0 Å². The van der Waals surface area contributed by atoms with Gasteiger partial charge in [0.1, 0.15) is 12.6 Å². The molecular formula is C19H28N2O6S. The molecule has 8 nitrogen and oxygen atoms in total. The Morgan fingerprint density at radius 3 is 2.50 bits per heavy atom. The summed E-state index contributed by atoms with van der Waals surface area (Å²) < 4.78 is 35.9. The molecule has 0 saturated carbocycles. The minimum atomic E-state index is -3.52. The molecule has 0 spiro atoms. The molecule has 0 heterocycles. The number of rotatable bonds is 10. The number of amides is 1. The zero-order chi connectivity index (χ0) is 21.2. The van der Waals surface area contributed by atoms with Crippen molar-refractivity contribution < 1.29 is 27.5 Å². The van der Waals surface area contributed by atoms with Gasteiger partial charge in [-0.25, -0.2) is 18.6 Å². The van der Waals surface area contributed by atoms with E-state index in [0.717, 1.165) is 18.2 Å². The molecule has 2 N–H and O–H groups in total. The molecule has 1 atom stereocenters. The molecule has 0 aliphatic rings. The van der Waals surface area contributed by atoms with Crippen molar-refractivity contribution in [1.29, 1.82) is 0 Å². The fourth-order valence-corrected chi connectivity index (χ4v) is 3.03. The molecule has 156 valence electrons. The maximum Gasteiger partial charge on any atom is 0.261 e. The van der Waals surface area contributed by atoms with Crippen molar-refractivity contribution in [2.24, 2.45) is 5.92 Å². The normalized spacial score (nSPS) is 12.1. The highest BCUT2D eigenvalue weighted by Gasteiger charge is 2.25. The molecule has 9 heteroatoms. The zero-order valence-corrected chi connectivity index (χ0v) is 17.7. The van der Waals surface area contributed by atoms with Gasteiger partial charge in [0.2, 0.25) is 10.0 Å². The molecule has 0 aliphatic heterocycles. The van der Waals surface area contributed by atoms with E-state index in [0.29, 0.717) is 11.5 Å². The van der Waals surface area contributed by atoms with Crippen LogP contribution in [-0.4, -0.2) is 40.3 Å². The van der Waals surface area contributed by atoms with E-state index in [9.17, 15) is 13.2 Å². The lowest BCUT2D eigenvalue weighted by Crippen LogP contribution is -2.49. The van der Waals surface area contributed by atoms with Gasteiger partial charge in [-0.05, 0) is 23.6 Å². The second-order valence-electron chi connectivity index (χ2n) is 6.35. The van der Waals surface area contributed by atoms with Crippen molar-refractivity contribution in [3.05, 3.63) is 23.8 Å². The largest absolute Gasteiger partial charge is 0.493 e. The van der Waals surface area contributed by atoms with Gasteiger partial charge in [0.25, 0.3) is 5.91 Å². The van der Waals surface area contributed by atoms with Crippen LogP contribution in [0.15, 0.2) is 18.2 Å². The second-order valence-corrected chi connectivity index (χ2v) is 8.13. The van der Waals surface area contributed by atoms with Crippen molar-refractivity contribution in [3.8, 4) is 23.3 Å². The highest BCUT2D eigenvalue weighted by Crippen LogP contribution is 2.28. The Morgan fingerprint density at radius 1 is 1.21 bits per heavy atom. The van der Waals surface area contributed by atoms with Crippen molar-refractivity contribution in [3.63, 3.8) is 0 Å². The molecule has 0 aromatic heterocycles. The number of benzene rings is 1. The van der Waals surface area contributed by atoms with Crippen LogP contribution in [0.2, 0.25) is 0 Å². The number of nitrogens with one attached hydrogen (secondary N) is 2. The second kappa shape index (κ2) is 11.5. The Balaban J connectivity index is 2.65. The first-order chi connectivity index (χ1) is 13.2. The van der Waals surface area contributed by atoms with E-state index in [-0.39, 0.29) is 19.1 Å². The lowest BCUT2D eigenvalue weighted by atomic mass is 10.1. The molecule has 1 unspecified atom stereocenters. The summed E-state index contributed by atoms with van der Waals surface area (Å²) >= 11 is 0. The zero-order valence-electron chi connectivity index (χ0n) is 16.9. The standard InChI is InChI=1S/C19H28N2O6S/c1-6-7-8-11-26-16-10-9-15(12-17(16)25-4)13-27-20-19(22)18(14(2)3)21-28(5,23)24/h9-10,12,14,18,21H,6,11,13H2,1-5H3,(H,20,22). The fraction of sp³-hybridized carbons (Fsp3) is 0.526. The van der Waals surface area contributed by atoms with Crippen LogP contribution >= 0.6 is 0 Å². The Labute approximate surface area is 166 Å². The molecule has 0 bridgehead atoms. The number of carbonyl (C=O) groups is 1. The first kappa shape index (κ1) is 23.8. The maximum atomic E-state index is 12.2. The fourth-order valence-electron chi connectivity index (χ4n) is 2.19. The SMILES string of the molecule is CCC#CCOc1ccc(CONC(=O)C(NS(C)(=O)=O)C(C)C)cc1OC. The predicted molar refractivity (Wildman–Crippen MR) is 106 cm³/mol. The molecular weight excluding hydrogens is 384 g/mol. The summed E-state index contributed by atoms with van der Waals surface area (Å²) in [5.41, 5.74) is 3.02. The quantitative estimate of drug-likeness (QED) is 0.447. The van der Waals surface area contributed by atoms with Crippen LogP contribution in [0.1, 0.15) is 32.8 Å². The van der Waals surface area contributed by atoms with Gasteiger partial charge in [-0.2, -0.15) is 0 Å². The van der Waals surface area contributed by atoms with E-state index in [4.69, 9.17) is 14.3 Å². The minimum absolute atomic E-state index is 0.0711. The van der Waals surface area contributed by atoms with Gasteiger partial charge >= 0.3 is 0 Å². The van der Waals surface area contributed by atoms with E-state index >= 15 is 0 Å². The van der Waals surface area contributed by atoms with E-state index in [1.54, 1.807) is 32.0 Å². The van der Waals surface area contributed by atoms with Crippen LogP contribution in [0, 0.1) is 17.8 Å². The van der Waals surface area contributed by atoms with E-state index in [1.165, 1.54) is 7.11 Å². The lowest BCUT2D eigenvalue weighted by Gasteiger charge is -2.20. The van der Waals surface area contributed by atoms with Crippen LogP contribution in [0.4, 0.5) is 0 Å².